The van der Waals surface area contributed by atoms with Gasteiger partial charge in [0.15, 0.2) is 0 Å². The normalized spacial score (nSPS) is 10.9. The molecule has 0 atom stereocenters. The first-order valence-electron chi connectivity index (χ1n) is 5.28. The molecule has 0 saturated heterocycles. The number of nitrogens with one attached hydrogen (secondary N) is 1. The summed E-state index contributed by atoms with van der Waals surface area (Å²) < 4.78 is 21.8. The van der Waals surface area contributed by atoms with Crippen LogP contribution in [0.4, 0.5) is 0 Å². The van der Waals surface area contributed by atoms with E-state index in [1.54, 1.807) is 6.20 Å². The second kappa shape index (κ2) is 7.63. The van der Waals surface area contributed by atoms with Crippen molar-refractivity contribution in [3.05, 3.63) is 29.6 Å². The van der Waals surface area contributed by atoms with Crippen LogP contribution in [0.25, 0.3) is 0 Å². The lowest BCUT2D eigenvalue weighted by Gasteiger charge is -2.06. The van der Waals surface area contributed by atoms with Crippen molar-refractivity contribution in [2.75, 3.05) is 18.6 Å². The Balaban J connectivity index is 0.00000256. The van der Waals surface area contributed by atoms with Gasteiger partial charge in [-0.3, -0.25) is 4.98 Å². The minimum atomic E-state index is -2.83. The second-order valence-electron chi connectivity index (χ2n) is 3.91. The predicted octanol–water partition coefficient (Wildman–Crippen LogP) is 1.34. The minimum absolute atomic E-state index is 0. The molecule has 0 aliphatic carbocycles. The SMILES string of the molecule is Cc1ncccc1CNCCCS(C)(=O)=O.Cl. The number of aryl methyl sites for hydroxylation is 1. The monoisotopic (exact) mass is 278 g/mol. The molecule has 0 unspecified atom stereocenters. The van der Waals surface area contributed by atoms with Crippen molar-refractivity contribution >= 4 is 22.2 Å². The standard InChI is InChI=1S/C11H18N2O2S.ClH/c1-10-11(5-3-7-13-10)9-12-6-4-8-16(2,14)15;/h3,5,7,12H,4,6,8-9H2,1-2H3;1H. The zero-order chi connectivity index (χ0) is 12.0. The van der Waals surface area contributed by atoms with Crippen LogP contribution >= 0.6 is 12.4 Å². The summed E-state index contributed by atoms with van der Waals surface area (Å²) in [6.07, 6.45) is 3.68. The van der Waals surface area contributed by atoms with Crippen LogP contribution in [-0.2, 0) is 16.4 Å². The van der Waals surface area contributed by atoms with Gasteiger partial charge in [-0.1, -0.05) is 6.07 Å². The lowest BCUT2D eigenvalue weighted by molar-refractivity contribution is 0.594. The van der Waals surface area contributed by atoms with Crippen molar-refractivity contribution in [1.82, 2.24) is 10.3 Å². The number of aromatic nitrogens is 1. The first-order chi connectivity index (χ1) is 7.49. The molecule has 0 amide bonds. The molecule has 0 aromatic carbocycles. The highest BCUT2D eigenvalue weighted by atomic mass is 35.5. The van der Waals surface area contributed by atoms with Gasteiger partial charge in [0.2, 0.25) is 0 Å². The molecule has 6 heteroatoms. The molecule has 0 spiro atoms. The maximum Gasteiger partial charge on any atom is 0.147 e. The van der Waals surface area contributed by atoms with Gasteiger partial charge in [0, 0.05) is 24.7 Å². The minimum Gasteiger partial charge on any atom is -0.313 e. The van der Waals surface area contributed by atoms with Gasteiger partial charge in [0.1, 0.15) is 9.84 Å². The summed E-state index contributed by atoms with van der Waals surface area (Å²) in [6, 6.07) is 3.92. The fraction of sp³-hybridized carbons (Fsp3) is 0.545. The number of rotatable bonds is 6. The van der Waals surface area contributed by atoms with E-state index in [1.165, 1.54) is 6.26 Å². The van der Waals surface area contributed by atoms with Crippen LogP contribution < -0.4 is 5.32 Å². The van der Waals surface area contributed by atoms with E-state index in [9.17, 15) is 8.42 Å². The zero-order valence-corrected chi connectivity index (χ0v) is 11.8. The van der Waals surface area contributed by atoms with Gasteiger partial charge in [-0.05, 0) is 31.5 Å². The smallest absolute Gasteiger partial charge is 0.147 e. The van der Waals surface area contributed by atoms with Crippen LogP contribution in [0.15, 0.2) is 18.3 Å². The summed E-state index contributed by atoms with van der Waals surface area (Å²) in [6.45, 7) is 3.42. The second-order valence-corrected chi connectivity index (χ2v) is 6.17. The molecule has 0 bridgehead atoms. The van der Waals surface area contributed by atoms with E-state index in [1.807, 2.05) is 19.1 Å². The molecule has 0 fully saturated rings. The van der Waals surface area contributed by atoms with Crippen molar-refractivity contribution < 1.29 is 8.42 Å². The number of halogens is 1. The van der Waals surface area contributed by atoms with Gasteiger partial charge in [-0.2, -0.15) is 0 Å². The van der Waals surface area contributed by atoms with Crippen LogP contribution in [0.5, 0.6) is 0 Å². The average molecular weight is 279 g/mol. The summed E-state index contributed by atoms with van der Waals surface area (Å²) in [5, 5.41) is 3.21. The van der Waals surface area contributed by atoms with Gasteiger partial charge in [0.05, 0.1) is 5.75 Å². The van der Waals surface area contributed by atoms with E-state index < -0.39 is 9.84 Å². The van der Waals surface area contributed by atoms with Gasteiger partial charge >= 0.3 is 0 Å². The Bertz CT molecular complexity index is 435. The van der Waals surface area contributed by atoms with E-state index in [2.05, 4.69) is 10.3 Å². The molecule has 98 valence electrons. The summed E-state index contributed by atoms with van der Waals surface area (Å²) in [4.78, 5) is 4.18. The van der Waals surface area contributed by atoms with Crippen LogP contribution in [0, 0.1) is 6.92 Å². The highest BCUT2D eigenvalue weighted by molar-refractivity contribution is 7.90. The quantitative estimate of drug-likeness (QED) is 0.798. The van der Waals surface area contributed by atoms with Crippen molar-refractivity contribution in [2.24, 2.45) is 0 Å². The predicted molar refractivity (Wildman–Crippen MR) is 72.3 cm³/mol. The molecule has 1 rings (SSSR count). The first-order valence-corrected chi connectivity index (χ1v) is 7.34. The van der Waals surface area contributed by atoms with E-state index in [4.69, 9.17) is 0 Å². The molecular weight excluding hydrogens is 260 g/mol. The fourth-order valence-corrected chi connectivity index (χ4v) is 2.06. The average Bonchev–Trinajstić information content (AvgIpc) is 2.18. The number of pyridine rings is 1. The third-order valence-corrected chi connectivity index (χ3v) is 3.33. The zero-order valence-electron chi connectivity index (χ0n) is 10.1. The molecule has 1 aromatic heterocycles. The van der Waals surface area contributed by atoms with Gasteiger partial charge < -0.3 is 5.32 Å². The lowest BCUT2D eigenvalue weighted by Crippen LogP contribution is -2.18. The Morgan fingerprint density at radius 1 is 1.41 bits per heavy atom. The molecule has 0 aliphatic rings. The fourth-order valence-electron chi connectivity index (χ4n) is 1.39. The molecular formula is C11H19ClN2O2S. The number of hydrogen-bond donors (Lipinski definition) is 1. The van der Waals surface area contributed by atoms with E-state index in [0.717, 1.165) is 17.8 Å². The van der Waals surface area contributed by atoms with Crippen LogP contribution in [0.3, 0.4) is 0 Å². The number of nitrogens with zero attached hydrogens (tertiary/aromatic N) is 1. The number of sulfone groups is 1. The molecule has 1 heterocycles. The lowest BCUT2D eigenvalue weighted by atomic mass is 10.2. The topological polar surface area (TPSA) is 59.1 Å². The molecule has 1 aromatic rings. The molecule has 4 nitrogen and oxygen atoms in total. The van der Waals surface area contributed by atoms with Crippen LogP contribution in [-0.4, -0.2) is 32.0 Å². The Kier molecular flexibility index (Phi) is 7.34. The molecule has 0 aliphatic heterocycles. The summed E-state index contributed by atoms with van der Waals surface area (Å²) in [7, 11) is -2.83. The molecule has 1 N–H and O–H groups in total. The third-order valence-electron chi connectivity index (χ3n) is 2.30. The Morgan fingerprint density at radius 2 is 2.12 bits per heavy atom. The van der Waals surface area contributed by atoms with E-state index in [0.29, 0.717) is 13.0 Å². The van der Waals surface area contributed by atoms with Crippen molar-refractivity contribution in [3.8, 4) is 0 Å². The summed E-state index contributed by atoms with van der Waals surface area (Å²) in [5.41, 5.74) is 2.17. The van der Waals surface area contributed by atoms with Crippen LogP contribution in [0.2, 0.25) is 0 Å². The van der Waals surface area contributed by atoms with Crippen molar-refractivity contribution in [1.29, 1.82) is 0 Å². The van der Waals surface area contributed by atoms with E-state index in [-0.39, 0.29) is 18.2 Å². The Morgan fingerprint density at radius 3 is 2.71 bits per heavy atom. The summed E-state index contributed by atoms with van der Waals surface area (Å²) in [5.74, 6) is 0.242. The Labute approximate surface area is 109 Å². The third kappa shape index (κ3) is 7.31. The van der Waals surface area contributed by atoms with Crippen molar-refractivity contribution in [3.63, 3.8) is 0 Å². The van der Waals surface area contributed by atoms with Gasteiger partial charge in [0.25, 0.3) is 0 Å². The van der Waals surface area contributed by atoms with Crippen molar-refractivity contribution in [2.45, 2.75) is 19.9 Å². The van der Waals surface area contributed by atoms with Crippen LogP contribution in [0.1, 0.15) is 17.7 Å². The molecule has 0 radical (unpaired) electrons. The summed E-state index contributed by atoms with van der Waals surface area (Å²) >= 11 is 0. The highest BCUT2D eigenvalue weighted by Crippen LogP contribution is 2.02. The largest absolute Gasteiger partial charge is 0.313 e. The maximum absolute atomic E-state index is 10.9. The first kappa shape index (κ1) is 16.4. The molecule has 0 saturated carbocycles. The highest BCUT2D eigenvalue weighted by Gasteiger charge is 2.01. The number of hydrogen-bond acceptors (Lipinski definition) is 4. The van der Waals surface area contributed by atoms with Gasteiger partial charge in [-0.15, -0.1) is 12.4 Å². The Hall–Kier alpha value is -0.650. The van der Waals surface area contributed by atoms with Gasteiger partial charge in [-0.25, -0.2) is 8.42 Å². The molecule has 17 heavy (non-hydrogen) atoms. The van der Waals surface area contributed by atoms with E-state index >= 15 is 0 Å². The maximum atomic E-state index is 10.9.